The molecule has 0 spiro atoms. The van der Waals surface area contributed by atoms with Gasteiger partial charge in [0.15, 0.2) is 0 Å². The number of aryl methyl sites for hydroxylation is 1. The molecular formula is C25H19BrFNO2S2. The normalized spacial score (nSPS) is 15.0. The van der Waals surface area contributed by atoms with Gasteiger partial charge in [-0.2, -0.15) is 0 Å². The second-order valence-corrected chi connectivity index (χ2v) is 9.94. The minimum Gasteiger partial charge on any atom is -0.488 e. The van der Waals surface area contributed by atoms with Crippen molar-refractivity contribution in [3.8, 4) is 5.75 Å². The molecule has 0 bridgehead atoms. The molecule has 0 atom stereocenters. The van der Waals surface area contributed by atoms with Crippen molar-refractivity contribution >= 4 is 56.2 Å². The zero-order valence-electron chi connectivity index (χ0n) is 17.2. The molecule has 0 aromatic heterocycles. The van der Waals surface area contributed by atoms with Gasteiger partial charge in [0.2, 0.25) is 0 Å². The van der Waals surface area contributed by atoms with Gasteiger partial charge in [-0.25, -0.2) is 4.39 Å². The topological polar surface area (TPSA) is 29.5 Å². The second-order valence-electron chi connectivity index (χ2n) is 7.35. The molecule has 3 aromatic carbocycles. The minimum absolute atomic E-state index is 0.120. The number of hydrogen-bond acceptors (Lipinski definition) is 4. The summed E-state index contributed by atoms with van der Waals surface area (Å²) in [5.41, 5.74) is 3.81. The lowest BCUT2D eigenvalue weighted by molar-refractivity contribution is -0.122. The molecule has 0 N–H and O–H groups in total. The van der Waals surface area contributed by atoms with E-state index in [0.717, 1.165) is 21.2 Å². The number of hydrogen-bond donors (Lipinski definition) is 0. The highest BCUT2D eigenvalue weighted by atomic mass is 79.9. The summed E-state index contributed by atoms with van der Waals surface area (Å²) in [6.07, 6.45) is 1.80. The van der Waals surface area contributed by atoms with E-state index < -0.39 is 0 Å². The number of amides is 1. The monoisotopic (exact) mass is 527 g/mol. The van der Waals surface area contributed by atoms with Crippen LogP contribution in [-0.2, 0) is 17.9 Å². The average Bonchev–Trinajstić information content (AvgIpc) is 3.03. The van der Waals surface area contributed by atoms with Gasteiger partial charge in [-0.15, -0.1) is 0 Å². The highest BCUT2D eigenvalue weighted by Crippen LogP contribution is 2.36. The van der Waals surface area contributed by atoms with Gasteiger partial charge in [0.25, 0.3) is 5.91 Å². The fourth-order valence-electron chi connectivity index (χ4n) is 3.16. The lowest BCUT2D eigenvalue weighted by Gasteiger charge is -2.14. The van der Waals surface area contributed by atoms with Gasteiger partial charge < -0.3 is 4.74 Å². The summed E-state index contributed by atoms with van der Waals surface area (Å²) in [5.74, 6) is 0.220. The molecule has 0 radical (unpaired) electrons. The molecule has 162 valence electrons. The Morgan fingerprint density at radius 1 is 1.06 bits per heavy atom. The van der Waals surface area contributed by atoms with Gasteiger partial charge in [0.05, 0.1) is 11.4 Å². The van der Waals surface area contributed by atoms with E-state index in [1.807, 2.05) is 49.4 Å². The fourth-order valence-corrected chi connectivity index (χ4v) is 4.78. The number of thiocarbonyl (C=S) groups is 1. The Kier molecular flexibility index (Phi) is 7.08. The SMILES string of the molecule is Cc1ccc(CN2C(=O)/C(=C/c3cc(Br)ccc3OCc3ccc(F)cc3)SC2=S)cc1. The van der Waals surface area contributed by atoms with Crippen LogP contribution in [0.15, 0.2) is 76.1 Å². The van der Waals surface area contributed by atoms with Crippen molar-refractivity contribution in [1.82, 2.24) is 4.90 Å². The molecule has 1 aliphatic heterocycles. The van der Waals surface area contributed by atoms with Gasteiger partial charge in [0.1, 0.15) is 22.5 Å². The summed E-state index contributed by atoms with van der Waals surface area (Å²) in [4.78, 5) is 15.2. The Hall–Kier alpha value is -2.48. The van der Waals surface area contributed by atoms with E-state index in [2.05, 4.69) is 15.9 Å². The molecule has 7 heteroatoms. The Morgan fingerprint density at radius 3 is 2.47 bits per heavy atom. The van der Waals surface area contributed by atoms with Crippen molar-refractivity contribution in [2.75, 3.05) is 0 Å². The van der Waals surface area contributed by atoms with Crippen LogP contribution in [0.2, 0.25) is 0 Å². The summed E-state index contributed by atoms with van der Waals surface area (Å²) in [7, 11) is 0. The van der Waals surface area contributed by atoms with Gasteiger partial charge >= 0.3 is 0 Å². The van der Waals surface area contributed by atoms with Crippen LogP contribution in [0, 0.1) is 12.7 Å². The third kappa shape index (κ3) is 5.46. The quantitative estimate of drug-likeness (QED) is 0.258. The van der Waals surface area contributed by atoms with Crippen LogP contribution in [0.5, 0.6) is 5.75 Å². The molecule has 1 aliphatic rings. The number of halogens is 2. The number of benzene rings is 3. The van der Waals surface area contributed by atoms with Crippen LogP contribution in [0.4, 0.5) is 4.39 Å². The Bertz CT molecular complexity index is 1190. The summed E-state index contributed by atoms with van der Waals surface area (Å²) < 4.78 is 20.5. The van der Waals surface area contributed by atoms with E-state index in [9.17, 15) is 9.18 Å². The maximum Gasteiger partial charge on any atom is 0.266 e. The summed E-state index contributed by atoms with van der Waals surface area (Å²) in [6.45, 7) is 2.76. The third-order valence-corrected chi connectivity index (χ3v) is 6.77. The Balaban J connectivity index is 1.54. The van der Waals surface area contributed by atoms with Gasteiger partial charge in [-0.3, -0.25) is 9.69 Å². The number of rotatable bonds is 6. The fraction of sp³-hybridized carbons (Fsp3) is 0.120. The molecular weight excluding hydrogens is 509 g/mol. The molecule has 0 unspecified atom stereocenters. The van der Waals surface area contributed by atoms with Crippen LogP contribution in [0.25, 0.3) is 6.08 Å². The van der Waals surface area contributed by atoms with Crippen LogP contribution < -0.4 is 4.74 Å². The van der Waals surface area contributed by atoms with Crippen molar-refractivity contribution in [3.63, 3.8) is 0 Å². The molecule has 3 aromatic rings. The first-order valence-corrected chi connectivity index (χ1v) is 11.9. The highest BCUT2D eigenvalue weighted by Gasteiger charge is 2.32. The lowest BCUT2D eigenvalue weighted by atomic mass is 10.1. The Morgan fingerprint density at radius 2 is 1.75 bits per heavy atom. The van der Waals surface area contributed by atoms with Crippen molar-refractivity contribution in [3.05, 3.63) is 104 Å². The summed E-state index contributed by atoms with van der Waals surface area (Å²) in [5, 5.41) is 0. The van der Waals surface area contributed by atoms with Crippen LogP contribution in [0.3, 0.4) is 0 Å². The third-order valence-electron chi connectivity index (χ3n) is 4.90. The Labute approximate surface area is 204 Å². The standard InChI is InChI=1S/C25H19BrFNO2S2/c1-16-2-4-17(5-3-16)14-28-24(29)23(32-25(28)31)13-19-12-20(26)8-11-22(19)30-15-18-6-9-21(27)10-7-18/h2-13H,14-15H2,1H3/b23-13-. The maximum absolute atomic E-state index is 13.1. The first-order chi connectivity index (χ1) is 15.4. The predicted octanol–water partition coefficient (Wildman–Crippen LogP) is 6.88. The zero-order chi connectivity index (χ0) is 22.7. The van der Waals surface area contributed by atoms with Crippen LogP contribution in [-0.4, -0.2) is 15.1 Å². The molecule has 0 aliphatic carbocycles. The number of nitrogens with zero attached hydrogens (tertiary/aromatic N) is 1. The number of carbonyl (C=O) groups is 1. The minimum atomic E-state index is -0.286. The molecule has 1 amide bonds. The van der Waals surface area contributed by atoms with E-state index in [1.165, 1.54) is 29.5 Å². The van der Waals surface area contributed by atoms with E-state index in [-0.39, 0.29) is 18.3 Å². The zero-order valence-corrected chi connectivity index (χ0v) is 20.4. The van der Waals surface area contributed by atoms with E-state index >= 15 is 0 Å². The van der Waals surface area contributed by atoms with Crippen molar-refractivity contribution in [1.29, 1.82) is 0 Å². The van der Waals surface area contributed by atoms with E-state index in [0.29, 0.717) is 21.5 Å². The number of carbonyl (C=O) groups excluding carboxylic acids is 1. The van der Waals surface area contributed by atoms with E-state index in [1.54, 1.807) is 23.1 Å². The highest BCUT2D eigenvalue weighted by molar-refractivity contribution is 9.10. The van der Waals surface area contributed by atoms with Crippen molar-refractivity contribution < 1.29 is 13.9 Å². The molecule has 3 nitrogen and oxygen atoms in total. The summed E-state index contributed by atoms with van der Waals surface area (Å²) in [6, 6.07) is 19.8. The lowest BCUT2D eigenvalue weighted by Crippen LogP contribution is -2.27. The number of thioether (sulfide) groups is 1. The van der Waals surface area contributed by atoms with Crippen molar-refractivity contribution in [2.45, 2.75) is 20.1 Å². The molecule has 1 saturated heterocycles. The van der Waals surface area contributed by atoms with Crippen molar-refractivity contribution in [2.24, 2.45) is 0 Å². The molecule has 4 rings (SSSR count). The van der Waals surface area contributed by atoms with Gasteiger partial charge in [-0.1, -0.05) is 81.9 Å². The molecule has 32 heavy (non-hydrogen) atoms. The predicted molar refractivity (Wildman–Crippen MR) is 135 cm³/mol. The smallest absolute Gasteiger partial charge is 0.266 e. The number of ether oxygens (including phenoxy) is 1. The van der Waals surface area contributed by atoms with Crippen LogP contribution in [0.1, 0.15) is 22.3 Å². The average molecular weight is 528 g/mol. The first-order valence-electron chi connectivity index (χ1n) is 9.87. The second kappa shape index (κ2) is 9.98. The van der Waals surface area contributed by atoms with E-state index in [4.69, 9.17) is 17.0 Å². The first kappa shape index (κ1) is 22.7. The maximum atomic E-state index is 13.1. The summed E-state index contributed by atoms with van der Waals surface area (Å²) >= 11 is 10.2. The molecule has 1 heterocycles. The van der Waals surface area contributed by atoms with Gasteiger partial charge in [-0.05, 0) is 54.5 Å². The van der Waals surface area contributed by atoms with Crippen LogP contribution >= 0.6 is 39.9 Å². The molecule has 1 fully saturated rings. The molecule has 0 saturated carbocycles. The largest absolute Gasteiger partial charge is 0.488 e. The van der Waals surface area contributed by atoms with Gasteiger partial charge in [0, 0.05) is 10.0 Å².